The number of ether oxygens (including phenoxy) is 2. The van der Waals surface area contributed by atoms with E-state index in [1.54, 1.807) is 12.7 Å². The number of carbonyl (C=O) groups excluding carboxylic acids is 2. The van der Waals surface area contributed by atoms with Gasteiger partial charge in [-0.25, -0.2) is 19.9 Å². The van der Waals surface area contributed by atoms with Gasteiger partial charge in [-0.05, 0) is 73.2 Å². The lowest BCUT2D eigenvalue weighted by molar-refractivity contribution is -0.120. The first-order valence-corrected chi connectivity index (χ1v) is 16.3. The fraction of sp³-hybridized carbons (Fsp3) is 0.500. The quantitative estimate of drug-likeness (QED) is 0.273. The standard InChI is InChI=1S/C19H24N4O2.C13H15BrN4O2/c1-12(14-8-17(24)20-10-14)25-19-18-16(21-11-23(18)2)9-15(22-19)13-6-4-3-5-7-13;1-7(8-3-11(19)15-5-8)20-13-12-9(4-10(14)17-13)16-6-18(12)2/h6,9,11-12,14H,3-5,7-8,10H2,1-2H3,(H,20,24);4,6-8H,3,5H2,1-2H3,(H,15,19)/t12-,14-;7-,8-/m11/s1. The van der Waals surface area contributed by atoms with Crippen molar-refractivity contribution in [2.45, 2.75) is 64.6 Å². The van der Waals surface area contributed by atoms with Crippen molar-refractivity contribution in [3.05, 3.63) is 41.2 Å². The Morgan fingerprint density at radius 3 is 1.91 bits per heavy atom. The molecule has 13 heteroatoms. The second kappa shape index (κ2) is 13.2. The Balaban J connectivity index is 0.000000163. The van der Waals surface area contributed by atoms with Crippen molar-refractivity contribution in [1.29, 1.82) is 0 Å². The third-order valence-electron chi connectivity index (χ3n) is 8.86. The Kier molecular flexibility index (Phi) is 9.06. The van der Waals surface area contributed by atoms with Gasteiger partial charge in [0.05, 0.1) is 29.4 Å². The first kappa shape index (κ1) is 31.0. The largest absolute Gasteiger partial charge is 0.473 e. The summed E-state index contributed by atoms with van der Waals surface area (Å²) in [6.07, 6.45) is 11.3. The van der Waals surface area contributed by atoms with E-state index in [9.17, 15) is 9.59 Å². The summed E-state index contributed by atoms with van der Waals surface area (Å²) < 4.78 is 16.7. The summed E-state index contributed by atoms with van der Waals surface area (Å²) in [6, 6.07) is 3.91. The smallest absolute Gasteiger partial charge is 0.241 e. The van der Waals surface area contributed by atoms with Crippen LogP contribution in [0.5, 0.6) is 11.8 Å². The number of aryl methyl sites for hydroxylation is 2. The number of aromatic nitrogens is 6. The number of nitrogens with zero attached hydrogens (tertiary/aromatic N) is 6. The molecule has 4 aromatic heterocycles. The third-order valence-corrected chi connectivity index (χ3v) is 9.26. The zero-order chi connectivity index (χ0) is 31.7. The average Bonchev–Trinajstić information content (AvgIpc) is 3.82. The zero-order valence-electron chi connectivity index (χ0n) is 26.0. The van der Waals surface area contributed by atoms with Gasteiger partial charge in [-0.2, -0.15) is 0 Å². The van der Waals surface area contributed by atoms with Crippen molar-refractivity contribution in [1.82, 2.24) is 39.7 Å². The van der Waals surface area contributed by atoms with E-state index in [-0.39, 0.29) is 35.9 Å². The van der Waals surface area contributed by atoms with E-state index in [1.807, 2.05) is 43.1 Å². The van der Waals surface area contributed by atoms with Crippen molar-refractivity contribution in [3.63, 3.8) is 0 Å². The normalized spacial score (nSPS) is 21.1. The van der Waals surface area contributed by atoms with Crippen LogP contribution in [0.25, 0.3) is 27.6 Å². The summed E-state index contributed by atoms with van der Waals surface area (Å²) in [5, 5.41) is 5.70. The van der Waals surface area contributed by atoms with Gasteiger partial charge in [-0.3, -0.25) is 9.59 Å². The summed E-state index contributed by atoms with van der Waals surface area (Å²) in [4.78, 5) is 40.8. The number of halogens is 1. The lowest BCUT2D eigenvalue weighted by Gasteiger charge is -2.20. The molecule has 2 amide bonds. The summed E-state index contributed by atoms with van der Waals surface area (Å²) in [5.41, 5.74) is 5.75. The summed E-state index contributed by atoms with van der Waals surface area (Å²) in [6.45, 7) is 5.30. The first-order chi connectivity index (χ1) is 21.7. The van der Waals surface area contributed by atoms with Gasteiger partial charge in [-0.1, -0.05) is 6.08 Å². The van der Waals surface area contributed by atoms with Gasteiger partial charge in [0.1, 0.15) is 27.8 Å². The second-order valence-electron chi connectivity index (χ2n) is 12.2. The molecule has 3 aliphatic rings. The SMILES string of the molecule is C[C@@H](Oc1nc(Br)cc2ncn(C)c12)[C@H]1CNC(=O)C1.C[C@@H](Oc1nc(C2=CCCCC2)cc2ncn(C)c12)[C@H]1CNC(=O)C1. The maximum absolute atomic E-state index is 11.5. The molecule has 2 saturated heterocycles. The van der Waals surface area contributed by atoms with Gasteiger partial charge in [-0.15, -0.1) is 0 Å². The minimum absolute atomic E-state index is 0.0818. The molecule has 4 atom stereocenters. The number of carbonyl (C=O) groups is 2. The molecule has 2 N–H and O–H groups in total. The van der Waals surface area contributed by atoms with Crippen molar-refractivity contribution >= 4 is 55.4 Å². The molecule has 0 unspecified atom stereocenters. The molecule has 0 saturated carbocycles. The molecular formula is C32H39BrN8O4. The van der Waals surface area contributed by atoms with Crippen LogP contribution in [-0.2, 0) is 23.7 Å². The maximum atomic E-state index is 11.5. The van der Waals surface area contributed by atoms with E-state index in [0.29, 0.717) is 42.3 Å². The number of allylic oxidation sites excluding steroid dienone is 2. The highest BCUT2D eigenvalue weighted by atomic mass is 79.9. The van der Waals surface area contributed by atoms with Crippen LogP contribution in [0.15, 0.2) is 35.5 Å². The van der Waals surface area contributed by atoms with Crippen LogP contribution in [0.1, 0.15) is 58.1 Å². The zero-order valence-corrected chi connectivity index (χ0v) is 27.6. The lowest BCUT2D eigenvalue weighted by Crippen LogP contribution is -2.26. The molecule has 0 spiro atoms. The third kappa shape index (κ3) is 6.82. The highest BCUT2D eigenvalue weighted by Gasteiger charge is 2.30. The molecule has 12 nitrogen and oxygen atoms in total. The Labute approximate surface area is 270 Å². The molecule has 1 aliphatic carbocycles. The molecule has 2 fully saturated rings. The van der Waals surface area contributed by atoms with E-state index in [4.69, 9.17) is 14.5 Å². The average molecular weight is 680 g/mol. The van der Waals surface area contributed by atoms with E-state index in [2.05, 4.69) is 53.7 Å². The Morgan fingerprint density at radius 1 is 0.844 bits per heavy atom. The van der Waals surface area contributed by atoms with Crippen molar-refractivity contribution in [2.75, 3.05) is 13.1 Å². The number of hydrogen-bond donors (Lipinski definition) is 2. The van der Waals surface area contributed by atoms with E-state index in [0.717, 1.165) is 40.6 Å². The molecule has 238 valence electrons. The molecule has 0 bridgehead atoms. The van der Waals surface area contributed by atoms with Crippen LogP contribution in [0.4, 0.5) is 0 Å². The predicted molar refractivity (Wildman–Crippen MR) is 174 cm³/mol. The highest BCUT2D eigenvalue weighted by molar-refractivity contribution is 9.10. The number of imidazole rings is 2. The van der Waals surface area contributed by atoms with Crippen LogP contribution >= 0.6 is 15.9 Å². The van der Waals surface area contributed by atoms with E-state index < -0.39 is 0 Å². The number of nitrogens with one attached hydrogen (secondary N) is 2. The van der Waals surface area contributed by atoms with Crippen molar-refractivity contribution in [3.8, 4) is 11.8 Å². The fourth-order valence-corrected chi connectivity index (χ4v) is 6.49. The van der Waals surface area contributed by atoms with Crippen molar-refractivity contribution < 1.29 is 19.1 Å². The number of fused-ring (bicyclic) bond motifs is 2. The molecule has 0 radical (unpaired) electrons. The molecule has 4 aromatic rings. The molecule has 2 aliphatic heterocycles. The molecule has 6 heterocycles. The molecule has 0 aromatic carbocycles. The monoisotopic (exact) mass is 678 g/mol. The van der Waals surface area contributed by atoms with Gasteiger partial charge in [0, 0.05) is 51.9 Å². The van der Waals surface area contributed by atoms with Crippen LogP contribution < -0.4 is 20.1 Å². The fourth-order valence-electron chi connectivity index (χ4n) is 6.11. The number of amides is 2. The highest BCUT2D eigenvalue weighted by Crippen LogP contribution is 2.33. The van der Waals surface area contributed by atoms with E-state index in [1.165, 1.54) is 18.4 Å². The van der Waals surface area contributed by atoms with Gasteiger partial charge in [0.2, 0.25) is 23.6 Å². The summed E-state index contributed by atoms with van der Waals surface area (Å²) in [5.74, 6) is 1.69. The van der Waals surface area contributed by atoms with Crippen LogP contribution in [0.3, 0.4) is 0 Å². The topological polar surface area (TPSA) is 138 Å². The van der Waals surface area contributed by atoms with Gasteiger partial charge < -0.3 is 29.2 Å². The Bertz CT molecular complexity index is 1760. The second-order valence-corrected chi connectivity index (χ2v) is 13.0. The lowest BCUT2D eigenvalue weighted by atomic mass is 9.97. The first-order valence-electron chi connectivity index (χ1n) is 15.5. The summed E-state index contributed by atoms with van der Waals surface area (Å²) in [7, 11) is 3.86. The number of hydrogen-bond acceptors (Lipinski definition) is 8. The maximum Gasteiger partial charge on any atom is 0.241 e. The Morgan fingerprint density at radius 2 is 1.40 bits per heavy atom. The van der Waals surface area contributed by atoms with Gasteiger partial charge >= 0.3 is 0 Å². The van der Waals surface area contributed by atoms with Crippen LogP contribution in [-0.4, -0.2) is 66.2 Å². The molecule has 7 rings (SSSR count). The van der Waals surface area contributed by atoms with Crippen LogP contribution in [0.2, 0.25) is 0 Å². The Hall–Kier alpha value is -4.00. The minimum Gasteiger partial charge on any atom is -0.473 e. The van der Waals surface area contributed by atoms with Gasteiger partial charge in [0.15, 0.2) is 0 Å². The van der Waals surface area contributed by atoms with Crippen molar-refractivity contribution in [2.24, 2.45) is 25.9 Å². The van der Waals surface area contributed by atoms with Gasteiger partial charge in [0.25, 0.3) is 0 Å². The minimum atomic E-state index is -0.0890. The number of pyridine rings is 2. The molecule has 45 heavy (non-hydrogen) atoms. The summed E-state index contributed by atoms with van der Waals surface area (Å²) >= 11 is 3.37. The van der Waals surface area contributed by atoms with E-state index >= 15 is 0 Å². The molecular weight excluding hydrogens is 640 g/mol. The number of rotatable bonds is 7. The predicted octanol–water partition coefficient (Wildman–Crippen LogP) is 4.46. The van der Waals surface area contributed by atoms with Crippen LogP contribution in [0, 0.1) is 11.8 Å².